The highest BCUT2D eigenvalue weighted by atomic mass is 19.4. The maximum atomic E-state index is 12.8. The van der Waals surface area contributed by atoms with E-state index in [0.717, 1.165) is 0 Å². The van der Waals surface area contributed by atoms with Crippen LogP contribution in [0.2, 0.25) is 0 Å². The first kappa shape index (κ1) is 17.7. The summed E-state index contributed by atoms with van der Waals surface area (Å²) in [6.45, 7) is 0.170. The van der Waals surface area contributed by atoms with E-state index in [0.29, 0.717) is 19.6 Å². The van der Waals surface area contributed by atoms with Crippen molar-refractivity contribution in [3.05, 3.63) is 0 Å². The highest BCUT2D eigenvalue weighted by Crippen LogP contribution is 2.37. The van der Waals surface area contributed by atoms with Gasteiger partial charge in [-0.05, 0) is 6.42 Å². The van der Waals surface area contributed by atoms with Gasteiger partial charge in [-0.15, -0.1) is 0 Å². The molecule has 0 radical (unpaired) electrons. The van der Waals surface area contributed by atoms with Gasteiger partial charge in [-0.1, -0.05) is 0 Å². The number of carbonyl (C=O) groups is 2. The van der Waals surface area contributed by atoms with Crippen molar-refractivity contribution in [1.29, 1.82) is 0 Å². The summed E-state index contributed by atoms with van der Waals surface area (Å²) < 4.78 is 43.3. The Morgan fingerprint density at radius 1 is 1.38 bits per heavy atom. The van der Waals surface area contributed by atoms with E-state index in [2.05, 4.69) is 5.32 Å². The maximum absolute atomic E-state index is 12.8. The minimum atomic E-state index is -4.50. The second-order valence-corrected chi connectivity index (χ2v) is 5.05. The fraction of sp³-hybridized carbons (Fsp3) is 0.833. The van der Waals surface area contributed by atoms with Gasteiger partial charge in [-0.2, -0.15) is 13.2 Å². The van der Waals surface area contributed by atoms with Crippen LogP contribution in [0.4, 0.5) is 13.2 Å². The standard InChI is InChI=1S/C12H20F3N3O3/c1-21-4-2-3-17-10(19)7-18-5-8(11(16)20)9(6-18)12(13,14)15/h8-9H,2-7H2,1H3,(H2,16,20)(H,17,19)/t8-,9-/m1/s1. The number of primary amides is 1. The molecule has 0 saturated carbocycles. The number of carbonyl (C=O) groups excluding carboxylic acids is 2. The number of methoxy groups -OCH3 is 1. The molecule has 21 heavy (non-hydrogen) atoms. The molecule has 0 bridgehead atoms. The minimum absolute atomic E-state index is 0.148. The second kappa shape index (κ2) is 7.60. The van der Waals surface area contributed by atoms with Crippen molar-refractivity contribution in [1.82, 2.24) is 10.2 Å². The number of nitrogens with one attached hydrogen (secondary N) is 1. The Balaban J connectivity index is 2.47. The zero-order chi connectivity index (χ0) is 16.0. The number of likely N-dealkylation sites (tertiary alicyclic amines) is 1. The number of amides is 2. The lowest BCUT2D eigenvalue weighted by molar-refractivity contribution is -0.182. The molecule has 9 heteroatoms. The van der Waals surface area contributed by atoms with Crippen LogP contribution < -0.4 is 11.1 Å². The van der Waals surface area contributed by atoms with Gasteiger partial charge in [-0.25, -0.2) is 0 Å². The molecule has 2 amide bonds. The van der Waals surface area contributed by atoms with Gasteiger partial charge in [-0.3, -0.25) is 14.5 Å². The summed E-state index contributed by atoms with van der Waals surface area (Å²) >= 11 is 0. The topological polar surface area (TPSA) is 84.7 Å². The summed E-state index contributed by atoms with van der Waals surface area (Å²) in [5, 5.41) is 2.58. The Bertz CT molecular complexity index is 376. The average Bonchev–Trinajstić information content (AvgIpc) is 2.78. The molecule has 1 heterocycles. The predicted molar refractivity (Wildman–Crippen MR) is 68.2 cm³/mol. The highest BCUT2D eigenvalue weighted by Gasteiger charge is 2.51. The number of hydrogen-bond acceptors (Lipinski definition) is 4. The molecule has 0 spiro atoms. The molecule has 6 nitrogen and oxygen atoms in total. The highest BCUT2D eigenvalue weighted by molar-refractivity contribution is 5.79. The van der Waals surface area contributed by atoms with Crippen molar-refractivity contribution in [2.75, 3.05) is 39.9 Å². The molecule has 1 aliphatic heterocycles. The first-order valence-corrected chi connectivity index (χ1v) is 6.59. The fourth-order valence-electron chi connectivity index (χ4n) is 2.34. The summed E-state index contributed by atoms with van der Waals surface area (Å²) in [6, 6.07) is 0. The SMILES string of the molecule is COCCCNC(=O)CN1C[C@@H](C(F)(F)F)[C@H](C(N)=O)C1. The lowest BCUT2D eigenvalue weighted by atomic mass is 9.95. The van der Waals surface area contributed by atoms with Crippen molar-refractivity contribution in [2.24, 2.45) is 17.6 Å². The average molecular weight is 311 g/mol. The lowest BCUT2D eigenvalue weighted by Gasteiger charge is -2.18. The molecule has 122 valence electrons. The molecule has 1 aliphatic rings. The van der Waals surface area contributed by atoms with Gasteiger partial charge in [0, 0.05) is 33.4 Å². The van der Waals surface area contributed by atoms with Crippen LogP contribution in [-0.2, 0) is 14.3 Å². The Kier molecular flexibility index (Phi) is 6.41. The van der Waals surface area contributed by atoms with E-state index in [1.54, 1.807) is 0 Å². The first-order valence-electron chi connectivity index (χ1n) is 6.59. The third-order valence-electron chi connectivity index (χ3n) is 3.40. The van der Waals surface area contributed by atoms with Crippen LogP contribution in [0.5, 0.6) is 0 Å². The van der Waals surface area contributed by atoms with Gasteiger partial charge in [0.15, 0.2) is 0 Å². The molecule has 0 aliphatic carbocycles. The Hall–Kier alpha value is -1.35. The van der Waals surface area contributed by atoms with E-state index < -0.39 is 23.9 Å². The van der Waals surface area contributed by atoms with E-state index in [4.69, 9.17) is 10.5 Å². The lowest BCUT2D eigenvalue weighted by Crippen LogP contribution is -2.37. The smallest absolute Gasteiger partial charge is 0.385 e. The molecule has 0 aromatic carbocycles. The van der Waals surface area contributed by atoms with Crippen LogP contribution in [0.25, 0.3) is 0 Å². The quantitative estimate of drug-likeness (QED) is 0.634. The van der Waals surface area contributed by atoms with Crippen LogP contribution >= 0.6 is 0 Å². The number of halogens is 3. The van der Waals surface area contributed by atoms with Crippen LogP contribution in [0.3, 0.4) is 0 Å². The molecule has 1 rings (SSSR count). The monoisotopic (exact) mass is 311 g/mol. The van der Waals surface area contributed by atoms with Gasteiger partial charge in [0.05, 0.1) is 18.4 Å². The fourth-order valence-corrected chi connectivity index (χ4v) is 2.34. The second-order valence-electron chi connectivity index (χ2n) is 5.05. The molecular formula is C12H20F3N3O3. The third kappa shape index (κ3) is 5.50. The summed E-state index contributed by atoms with van der Waals surface area (Å²) in [7, 11) is 1.54. The summed E-state index contributed by atoms with van der Waals surface area (Å²) in [6.07, 6.45) is -3.87. The van der Waals surface area contributed by atoms with E-state index in [1.165, 1.54) is 12.0 Å². The molecule has 2 atom stereocenters. The predicted octanol–water partition coefficient (Wildman–Crippen LogP) is -0.265. The Labute approximate surface area is 120 Å². The van der Waals surface area contributed by atoms with Crippen molar-refractivity contribution < 1.29 is 27.5 Å². The van der Waals surface area contributed by atoms with Crippen LogP contribution in [0.15, 0.2) is 0 Å². The molecule has 1 fully saturated rings. The van der Waals surface area contributed by atoms with Crippen molar-refractivity contribution in [2.45, 2.75) is 12.6 Å². The number of alkyl halides is 3. The normalized spacial score (nSPS) is 23.2. The van der Waals surface area contributed by atoms with Crippen LogP contribution in [0.1, 0.15) is 6.42 Å². The van der Waals surface area contributed by atoms with Crippen molar-refractivity contribution in [3.8, 4) is 0 Å². The van der Waals surface area contributed by atoms with Crippen LogP contribution in [0, 0.1) is 11.8 Å². The molecule has 0 aromatic heterocycles. The molecular weight excluding hydrogens is 291 g/mol. The zero-order valence-corrected chi connectivity index (χ0v) is 11.8. The van der Waals surface area contributed by atoms with E-state index in [1.807, 2.05) is 0 Å². The Morgan fingerprint density at radius 3 is 2.52 bits per heavy atom. The minimum Gasteiger partial charge on any atom is -0.385 e. The molecule has 0 aromatic rings. The molecule has 3 N–H and O–H groups in total. The first-order chi connectivity index (χ1) is 9.75. The summed E-state index contributed by atoms with van der Waals surface area (Å²) in [5.41, 5.74) is 5.01. The summed E-state index contributed by atoms with van der Waals surface area (Å²) in [5.74, 6) is -4.47. The Morgan fingerprint density at radius 2 is 2.05 bits per heavy atom. The number of nitrogens with two attached hydrogens (primary N) is 1. The van der Waals surface area contributed by atoms with Crippen molar-refractivity contribution >= 4 is 11.8 Å². The van der Waals surface area contributed by atoms with Crippen LogP contribution in [-0.4, -0.2) is 62.8 Å². The number of hydrogen-bond donors (Lipinski definition) is 2. The summed E-state index contributed by atoms with van der Waals surface area (Å²) in [4.78, 5) is 24.0. The largest absolute Gasteiger partial charge is 0.393 e. The number of ether oxygens (including phenoxy) is 1. The number of rotatable bonds is 7. The van der Waals surface area contributed by atoms with Gasteiger partial charge < -0.3 is 15.8 Å². The van der Waals surface area contributed by atoms with Gasteiger partial charge >= 0.3 is 6.18 Å². The van der Waals surface area contributed by atoms with E-state index >= 15 is 0 Å². The maximum Gasteiger partial charge on any atom is 0.393 e. The van der Waals surface area contributed by atoms with Gasteiger partial charge in [0.2, 0.25) is 11.8 Å². The van der Waals surface area contributed by atoms with E-state index in [-0.39, 0.29) is 25.5 Å². The molecule has 0 unspecified atom stereocenters. The molecule has 1 saturated heterocycles. The van der Waals surface area contributed by atoms with Crippen molar-refractivity contribution in [3.63, 3.8) is 0 Å². The van der Waals surface area contributed by atoms with E-state index in [9.17, 15) is 22.8 Å². The third-order valence-corrected chi connectivity index (χ3v) is 3.40. The zero-order valence-electron chi connectivity index (χ0n) is 11.8. The van der Waals surface area contributed by atoms with Gasteiger partial charge in [0.1, 0.15) is 0 Å². The number of nitrogens with zero attached hydrogens (tertiary/aromatic N) is 1. The van der Waals surface area contributed by atoms with Gasteiger partial charge in [0.25, 0.3) is 0 Å².